The number of fused-ring (bicyclic) bond motifs is 1. The van der Waals surface area contributed by atoms with Crippen LogP contribution in [0.2, 0.25) is 0 Å². The fourth-order valence-electron chi connectivity index (χ4n) is 2.55. The molecule has 2 aromatic rings. The monoisotopic (exact) mass is 290 g/mol. The zero-order chi connectivity index (χ0) is 14.1. The van der Waals surface area contributed by atoms with Crippen molar-refractivity contribution in [2.75, 3.05) is 30.4 Å². The van der Waals surface area contributed by atoms with E-state index < -0.39 is 0 Å². The van der Waals surface area contributed by atoms with Crippen LogP contribution in [-0.4, -0.2) is 30.1 Å². The zero-order valence-corrected chi connectivity index (χ0v) is 13.3. The molecule has 0 atom stereocenters. The van der Waals surface area contributed by atoms with Gasteiger partial charge in [-0.05, 0) is 38.2 Å². The first-order valence-electron chi connectivity index (χ1n) is 7.42. The minimum Gasteiger partial charge on any atom is -0.357 e. The summed E-state index contributed by atoms with van der Waals surface area (Å²) in [6, 6.07) is 2.23. The van der Waals surface area contributed by atoms with Crippen molar-refractivity contribution in [3.63, 3.8) is 0 Å². The van der Waals surface area contributed by atoms with Gasteiger partial charge in [0.15, 0.2) is 0 Å². The maximum atomic E-state index is 4.74. The van der Waals surface area contributed by atoms with Gasteiger partial charge in [-0.25, -0.2) is 4.98 Å². The third kappa shape index (κ3) is 2.73. The van der Waals surface area contributed by atoms with Gasteiger partial charge in [0.05, 0.1) is 5.39 Å². The first-order valence-corrected chi connectivity index (χ1v) is 8.23. The molecule has 0 aromatic carbocycles. The number of anilines is 2. The van der Waals surface area contributed by atoms with Crippen molar-refractivity contribution in [1.29, 1.82) is 0 Å². The molecule has 0 aliphatic heterocycles. The second kappa shape index (κ2) is 5.56. The summed E-state index contributed by atoms with van der Waals surface area (Å²) in [6.45, 7) is 6.58. The first-order chi connectivity index (χ1) is 9.71. The Labute approximate surface area is 124 Å². The van der Waals surface area contributed by atoms with Gasteiger partial charge in [-0.1, -0.05) is 6.92 Å². The van der Waals surface area contributed by atoms with Crippen molar-refractivity contribution in [1.82, 2.24) is 9.97 Å². The molecule has 0 bridgehead atoms. The Kier molecular flexibility index (Phi) is 3.78. The Hall–Kier alpha value is -1.36. The maximum Gasteiger partial charge on any atom is 0.225 e. The van der Waals surface area contributed by atoms with E-state index in [1.54, 1.807) is 11.3 Å². The molecule has 1 aliphatic carbocycles. The fourth-order valence-corrected chi connectivity index (χ4v) is 3.42. The highest BCUT2D eigenvalue weighted by molar-refractivity contribution is 7.18. The Morgan fingerprint density at radius 1 is 1.40 bits per heavy atom. The Balaban J connectivity index is 2.05. The summed E-state index contributed by atoms with van der Waals surface area (Å²) < 4.78 is 0. The molecule has 0 amide bonds. The van der Waals surface area contributed by atoms with Crippen molar-refractivity contribution in [3.05, 3.63) is 10.9 Å². The molecule has 0 unspecified atom stereocenters. The third-order valence-corrected chi connectivity index (χ3v) is 4.63. The molecule has 0 radical (unpaired) electrons. The number of hydrogen-bond donors (Lipinski definition) is 1. The van der Waals surface area contributed by atoms with Crippen molar-refractivity contribution in [3.8, 4) is 0 Å². The lowest BCUT2D eigenvalue weighted by molar-refractivity contribution is 0.701. The molecule has 2 heterocycles. The third-order valence-electron chi connectivity index (χ3n) is 3.69. The van der Waals surface area contributed by atoms with Gasteiger partial charge >= 0.3 is 0 Å². The molecule has 108 valence electrons. The molecule has 0 saturated heterocycles. The average molecular weight is 290 g/mol. The van der Waals surface area contributed by atoms with Crippen LogP contribution in [0.1, 0.15) is 31.1 Å². The lowest BCUT2D eigenvalue weighted by Gasteiger charge is -2.24. The summed E-state index contributed by atoms with van der Waals surface area (Å²) in [5, 5.41) is 4.30. The molecule has 20 heavy (non-hydrogen) atoms. The topological polar surface area (TPSA) is 41.1 Å². The number of thiophene rings is 1. The van der Waals surface area contributed by atoms with Gasteiger partial charge in [0.2, 0.25) is 5.95 Å². The highest BCUT2D eigenvalue weighted by Crippen LogP contribution is 2.35. The lowest BCUT2D eigenvalue weighted by Crippen LogP contribution is -2.28. The van der Waals surface area contributed by atoms with Crippen LogP contribution in [0.25, 0.3) is 10.2 Å². The van der Waals surface area contributed by atoms with Gasteiger partial charge in [0, 0.05) is 25.0 Å². The second-order valence-electron chi connectivity index (χ2n) is 5.59. The molecule has 1 aliphatic rings. The summed E-state index contributed by atoms with van der Waals surface area (Å²) >= 11 is 1.75. The molecule has 5 heteroatoms. The largest absolute Gasteiger partial charge is 0.357 e. The highest BCUT2D eigenvalue weighted by atomic mass is 32.1. The summed E-state index contributed by atoms with van der Waals surface area (Å²) in [6.07, 6.45) is 3.89. The van der Waals surface area contributed by atoms with Crippen LogP contribution in [-0.2, 0) is 0 Å². The van der Waals surface area contributed by atoms with Gasteiger partial charge < -0.3 is 10.2 Å². The van der Waals surface area contributed by atoms with Gasteiger partial charge in [-0.3, -0.25) is 0 Å². The Bertz CT molecular complexity index is 603. The minimum absolute atomic E-state index is 0.728. The van der Waals surface area contributed by atoms with E-state index in [2.05, 4.69) is 35.1 Å². The molecule has 1 fully saturated rings. The highest BCUT2D eigenvalue weighted by Gasteiger charge is 2.26. The standard InChI is InChI=1S/C15H22N4S/c1-4-7-19(9-11-5-6-11)13-12-8-10(2)20-14(12)18-15(16-3)17-13/h8,11H,4-7,9H2,1-3H3,(H,16,17,18). The summed E-state index contributed by atoms with van der Waals surface area (Å²) in [4.78, 5) is 14.2. The van der Waals surface area contributed by atoms with Crippen LogP contribution >= 0.6 is 11.3 Å². The number of nitrogens with zero attached hydrogens (tertiary/aromatic N) is 3. The molecule has 3 rings (SSSR count). The smallest absolute Gasteiger partial charge is 0.225 e. The second-order valence-corrected chi connectivity index (χ2v) is 6.82. The van der Waals surface area contributed by atoms with Crippen molar-refractivity contribution in [2.45, 2.75) is 33.1 Å². The van der Waals surface area contributed by atoms with Crippen molar-refractivity contribution >= 4 is 33.3 Å². The van der Waals surface area contributed by atoms with E-state index >= 15 is 0 Å². The normalized spacial score (nSPS) is 14.8. The van der Waals surface area contributed by atoms with Crippen LogP contribution in [0.5, 0.6) is 0 Å². The van der Waals surface area contributed by atoms with Crippen LogP contribution in [0, 0.1) is 12.8 Å². The number of nitrogens with one attached hydrogen (secondary N) is 1. The van der Waals surface area contributed by atoms with Crippen molar-refractivity contribution in [2.24, 2.45) is 5.92 Å². The molecule has 4 nitrogen and oxygen atoms in total. The van der Waals surface area contributed by atoms with E-state index in [1.165, 1.54) is 23.1 Å². The van der Waals surface area contributed by atoms with E-state index in [0.29, 0.717) is 0 Å². The number of aromatic nitrogens is 2. The zero-order valence-electron chi connectivity index (χ0n) is 12.4. The van der Waals surface area contributed by atoms with Crippen LogP contribution in [0.15, 0.2) is 6.07 Å². The molecular weight excluding hydrogens is 268 g/mol. The first kappa shape index (κ1) is 13.6. The van der Waals surface area contributed by atoms with Crippen LogP contribution in [0.4, 0.5) is 11.8 Å². The molecule has 1 N–H and O–H groups in total. The minimum atomic E-state index is 0.728. The van der Waals surface area contributed by atoms with Crippen molar-refractivity contribution < 1.29 is 0 Å². The average Bonchev–Trinajstić information content (AvgIpc) is 3.16. The van der Waals surface area contributed by atoms with E-state index in [1.807, 2.05) is 7.05 Å². The molecular formula is C15H22N4S. The predicted octanol–water partition coefficient (Wildman–Crippen LogP) is 3.67. The number of rotatable bonds is 6. The summed E-state index contributed by atoms with van der Waals surface area (Å²) in [7, 11) is 1.89. The van der Waals surface area contributed by atoms with Gasteiger partial charge in [-0.15, -0.1) is 11.3 Å². The molecule has 1 saturated carbocycles. The number of aryl methyl sites for hydroxylation is 1. The van der Waals surface area contributed by atoms with E-state index in [4.69, 9.17) is 4.98 Å². The summed E-state index contributed by atoms with van der Waals surface area (Å²) in [5.41, 5.74) is 0. The van der Waals surface area contributed by atoms with E-state index in [-0.39, 0.29) is 0 Å². The van der Waals surface area contributed by atoms with Gasteiger partial charge in [0.1, 0.15) is 10.6 Å². The SMILES string of the molecule is CCCN(CC1CC1)c1nc(NC)nc2sc(C)cc12. The number of hydrogen-bond acceptors (Lipinski definition) is 5. The maximum absolute atomic E-state index is 4.74. The predicted molar refractivity (Wildman–Crippen MR) is 86.9 cm³/mol. The quantitative estimate of drug-likeness (QED) is 0.881. The van der Waals surface area contributed by atoms with Gasteiger partial charge in [0.25, 0.3) is 0 Å². The molecule has 2 aromatic heterocycles. The van der Waals surface area contributed by atoms with Gasteiger partial charge in [-0.2, -0.15) is 4.98 Å². The van der Waals surface area contributed by atoms with Crippen LogP contribution in [0.3, 0.4) is 0 Å². The fraction of sp³-hybridized carbons (Fsp3) is 0.600. The van der Waals surface area contributed by atoms with E-state index in [9.17, 15) is 0 Å². The Morgan fingerprint density at radius 2 is 2.20 bits per heavy atom. The van der Waals surface area contributed by atoms with Crippen LogP contribution < -0.4 is 10.2 Å². The Morgan fingerprint density at radius 3 is 2.85 bits per heavy atom. The summed E-state index contributed by atoms with van der Waals surface area (Å²) in [5.74, 6) is 2.70. The van der Waals surface area contributed by atoms with E-state index in [0.717, 1.165) is 42.0 Å². The lowest BCUT2D eigenvalue weighted by atomic mass is 10.2. The molecule has 0 spiro atoms.